The molecule has 1 aliphatic rings. The first-order valence-electron chi connectivity index (χ1n) is 7.79. The highest BCUT2D eigenvalue weighted by atomic mass is 16.3. The van der Waals surface area contributed by atoms with Gasteiger partial charge in [-0.15, -0.1) is 0 Å². The highest BCUT2D eigenvalue weighted by Crippen LogP contribution is 2.23. The summed E-state index contributed by atoms with van der Waals surface area (Å²) in [6.07, 6.45) is 1.04. The molecule has 0 aliphatic carbocycles. The third-order valence-corrected chi connectivity index (χ3v) is 4.49. The molecule has 1 aliphatic heterocycles. The highest BCUT2D eigenvalue weighted by molar-refractivity contribution is 5.96. The van der Waals surface area contributed by atoms with Gasteiger partial charge in [0.2, 0.25) is 0 Å². The van der Waals surface area contributed by atoms with Crippen LogP contribution in [-0.4, -0.2) is 52.5 Å². The summed E-state index contributed by atoms with van der Waals surface area (Å²) in [5, 5.41) is 9.78. The maximum Gasteiger partial charge on any atom is 0.254 e. The number of piperazine rings is 1. The summed E-state index contributed by atoms with van der Waals surface area (Å²) in [6, 6.07) is 6.08. The zero-order valence-electron chi connectivity index (χ0n) is 13.5. The molecule has 4 nitrogen and oxygen atoms in total. The molecule has 1 aromatic rings. The molecule has 1 heterocycles. The van der Waals surface area contributed by atoms with Crippen molar-refractivity contribution >= 4 is 5.91 Å². The third kappa shape index (κ3) is 3.21. The summed E-state index contributed by atoms with van der Waals surface area (Å²) in [5.41, 5.74) is 1.28. The van der Waals surface area contributed by atoms with Crippen LogP contribution < -0.4 is 0 Å². The molecule has 1 fully saturated rings. The van der Waals surface area contributed by atoms with Crippen LogP contribution in [0.3, 0.4) is 0 Å². The number of hydrogen-bond acceptors (Lipinski definition) is 3. The minimum absolute atomic E-state index is 0.0326. The van der Waals surface area contributed by atoms with Gasteiger partial charge in [-0.05, 0) is 39.3 Å². The minimum Gasteiger partial charge on any atom is -0.508 e. The molecule has 0 saturated carbocycles. The zero-order valence-corrected chi connectivity index (χ0v) is 13.5. The molecule has 1 N–H and O–H groups in total. The van der Waals surface area contributed by atoms with Crippen molar-refractivity contribution in [2.45, 2.75) is 46.2 Å². The second-order valence-electron chi connectivity index (χ2n) is 6.09. The van der Waals surface area contributed by atoms with E-state index in [0.717, 1.165) is 26.1 Å². The molecule has 0 aromatic heterocycles. The van der Waals surface area contributed by atoms with Crippen molar-refractivity contribution in [2.24, 2.45) is 0 Å². The lowest BCUT2D eigenvalue weighted by atomic mass is 10.0. The van der Waals surface area contributed by atoms with E-state index in [4.69, 9.17) is 0 Å². The quantitative estimate of drug-likeness (QED) is 0.930. The Bertz CT molecular complexity index is 514. The number of rotatable bonds is 3. The first-order chi connectivity index (χ1) is 9.95. The Morgan fingerprint density at radius 2 is 2.10 bits per heavy atom. The van der Waals surface area contributed by atoms with E-state index in [1.165, 1.54) is 0 Å². The second-order valence-corrected chi connectivity index (χ2v) is 6.09. The molecular formula is C17H26N2O2. The van der Waals surface area contributed by atoms with E-state index in [9.17, 15) is 9.90 Å². The van der Waals surface area contributed by atoms with Crippen molar-refractivity contribution in [1.29, 1.82) is 0 Å². The van der Waals surface area contributed by atoms with Crippen molar-refractivity contribution in [3.05, 3.63) is 29.3 Å². The smallest absolute Gasteiger partial charge is 0.254 e. The van der Waals surface area contributed by atoms with Crippen LogP contribution in [0.25, 0.3) is 0 Å². The average molecular weight is 290 g/mol. The Labute approximate surface area is 127 Å². The van der Waals surface area contributed by atoms with Gasteiger partial charge in [-0.3, -0.25) is 9.69 Å². The lowest BCUT2D eigenvalue weighted by Crippen LogP contribution is -2.56. The van der Waals surface area contributed by atoms with Gasteiger partial charge >= 0.3 is 0 Å². The summed E-state index contributed by atoms with van der Waals surface area (Å²) in [5.74, 6) is 0.221. The van der Waals surface area contributed by atoms with Crippen LogP contribution in [0.15, 0.2) is 18.2 Å². The van der Waals surface area contributed by atoms with E-state index < -0.39 is 0 Å². The number of phenols is 1. The molecule has 0 spiro atoms. The van der Waals surface area contributed by atoms with Crippen molar-refractivity contribution in [1.82, 2.24) is 9.80 Å². The summed E-state index contributed by atoms with van der Waals surface area (Å²) in [6.45, 7) is 10.8. The molecule has 21 heavy (non-hydrogen) atoms. The Kier molecular flexibility index (Phi) is 4.88. The van der Waals surface area contributed by atoms with Gasteiger partial charge in [-0.1, -0.05) is 13.0 Å². The van der Waals surface area contributed by atoms with Gasteiger partial charge in [-0.2, -0.15) is 0 Å². The summed E-state index contributed by atoms with van der Waals surface area (Å²) >= 11 is 0. The summed E-state index contributed by atoms with van der Waals surface area (Å²) < 4.78 is 0. The van der Waals surface area contributed by atoms with Crippen LogP contribution in [0.4, 0.5) is 0 Å². The fourth-order valence-corrected chi connectivity index (χ4v) is 3.12. The Morgan fingerprint density at radius 3 is 2.71 bits per heavy atom. The number of nitrogens with zero attached hydrogens (tertiary/aromatic N) is 2. The van der Waals surface area contributed by atoms with Crippen LogP contribution in [0.5, 0.6) is 5.75 Å². The Hall–Kier alpha value is -1.55. The maximum absolute atomic E-state index is 12.7. The number of hydrogen-bond donors (Lipinski definition) is 1. The van der Waals surface area contributed by atoms with Crippen molar-refractivity contribution in [3.63, 3.8) is 0 Å². The monoisotopic (exact) mass is 290 g/mol. The number of aromatic hydroxyl groups is 1. The van der Waals surface area contributed by atoms with Crippen LogP contribution in [0, 0.1) is 6.92 Å². The number of amides is 1. The first-order valence-corrected chi connectivity index (χ1v) is 7.79. The molecule has 4 heteroatoms. The number of benzene rings is 1. The standard InChI is InChI=1S/C17H26N2O2/c1-5-14-11-18(9-10-19(14)12(2)3)17(21)15-7-6-8-16(20)13(15)4/h6-8,12,14,20H,5,9-11H2,1-4H3. The molecule has 0 bridgehead atoms. The molecular weight excluding hydrogens is 264 g/mol. The SMILES string of the molecule is CCC1CN(C(=O)c2cccc(O)c2C)CCN1C(C)C. The van der Waals surface area contributed by atoms with Crippen LogP contribution in [0.2, 0.25) is 0 Å². The second kappa shape index (κ2) is 6.48. The van der Waals surface area contributed by atoms with Gasteiger partial charge in [0.05, 0.1) is 0 Å². The number of carbonyl (C=O) groups is 1. The lowest BCUT2D eigenvalue weighted by Gasteiger charge is -2.43. The average Bonchev–Trinajstić information content (AvgIpc) is 2.48. The predicted octanol–water partition coefficient (Wildman–Crippen LogP) is 2.65. The van der Waals surface area contributed by atoms with Crippen LogP contribution >= 0.6 is 0 Å². The van der Waals surface area contributed by atoms with Gasteiger partial charge < -0.3 is 10.0 Å². The van der Waals surface area contributed by atoms with Gasteiger partial charge in [0.25, 0.3) is 5.91 Å². The summed E-state index contributed by atoms with van der Waals surface area (Å²) in [4.78, 5) is 17.1. The molecule has 1 saturated heterocycles. The van der Waals surface area contributed by atoms with E-state index in [1.807, 2.05) is 4.90 Å². The summed E-state index contributed by atoms with van der Waals surface area (Å²) in [7, 11) is 0. The molecule has 1 amide bonds. The van der Waals surface area contributed by atoms with Crippen molar-refractivity contribution in [2.75, 3.05) is 19.6 Å². The van der Waals surface area contributed by atoms with E-state index in [0.29, 0.717) is 23.2 Å². The lowest BCUT2D eigenvalue weighted by molar-refractivity contribution is 0.0371. The maximum atomic E-state index is 12.7. The van der Waals surface area contributed by atoms with Crippen molar-refractivity contribution < 1.29 is 9.90 Å². The zero-order chi connectivity index (χ0) is 15.6. The third-order valence-electron chi connectivity index (χ3n) is 4.49. The Balaban J connectivity index is 2.16. The van der Waals surface area contributed by atoms with E-state index in [2.05, 4.69) is 25.7 Å². The van der Waals surface area contributed by atoms with Gasteiger partial charge in [0.1, 0.15) is 5.75 Å². The molecule has 2 rings (SSSR count). The molecule has 1 atom stereocenters. The topological polar surface area (TPSA) is 43.8 Å². The number of carbonyl (C=O) groups excluding carboxylic acids is 1. The minimum atomic E-state index is 0.0326. The molecule has 0 radical (unpaired) electrons. The van der Waals surface area contributed by atoms with Crippen molar-refractivity contribution in [3.8, 4) is 5.75 Å². The number of phenolic OH excluding ortho intramolecular Hbond substituents is 1. The van der Waals surface area contributed by atoms with E-state index in [-0.39, 0.29) is 11.7 Å². The van der Waals surface area contributed by atoms with Gasteiger partial charge in [0, 0.05) is 42.8 Å². The first kappa shape index (κ1) is 15.8. The fraction of sp³-hybridized carbons (Fsp3) is 0.588. The largest absolute Gasteiger partial charge is 0.508 e. The van der Waals surface area contributed by atoms with E-state index in [1.54, 1.807) is 25.1 Å². The Morgan fingerprint density at radius 1 is 1.38 bits per heavy atom. The highest BCUT2D eigenvalue weighted by Gasteiger charge is 2.30. The van der Waals surface area contributed by atoms with Crippen LogP contribution in [-0.2, 0) is 0 Å². The van der Waals surface area contributed by atoms with Gasteiger partial charge in [-0.25, -0.2) is 0 Å². The normalized spacial score (nSPS) is 20.0. The molecule has 1 unspecified atom stereocenters. The van der Waals surface area contributed by atoms with Gasteiger partial charge in [0.15, 0.2) is 0 Å². The predicted molar refractivity (Wildman–Crippen MR) is 84.7 cm³/mol. The molecule has 1 aromatic carbocycles. The van der Waals surface area contributed by atoms with E-state index >= 15 is 0 Å². The fourth-order valence-electron chi connectivity index (χ4n) is 3.12. The molecule has 116 valence electrons. The van der Waals surface area contributed by atoms with Crippen LogP contribution in [0.1, 0.15) is 43.1 Å².